The molecule has 1 heterocycles. The number of benzene rings is 2. The van der Waals surface area contributed by atoms with Crippen molar-refractivity contribution in [3.8, 4) is 0 Å². The van der Waals surface area contributed by atoms with E-state index in [1.54, 1.807) is 17.0 Å². The molecule has 1 aliphatic heterocycles. The fourth-order valence-corrected chi connectivity index (χ4v) is 3.04. The number of carbonyl (C=O) groups excluding carboxylic acids is 1. The minimum atomic E-state index is -1.02. The smallest absolute Gasteiger partial charge is 0.335 e. The third-order valence-corrected chi connectivity index (χ3v) is 4.39. The average molecular weight is 339 g/mol. The highest BCUT2D eigenvalue weighted by Gasteiger charge is 2.27. The summed E-state index contributed by atoms with van der Waals surface area (Å²) in [4.78, 5) is 25.4. The lowest BCUT2D eigenvalue weighted by molar-refractivity contribution is 0.0697. The number of amides is 1. The molecule has 1 aliphatic rings. The summed E-state index contributed by atoms with van der Waals surface area (Å²) in [6.07, 6.45) is 0.902. The largest absolute Gasteiger partial charge is 0.478 e. The van der Waals surface area contributed by atoms with Gasteiger partial charge in [0.1, 0.15) is 0 Å². The average Bonchev–Trinajstić information content (AvgIpc) is 3.11. The van der Waals surface area contributed by atoms with Gasteiger partial charge in [-0.15, -0.1) is 0 Å². The number of nitrogens with zero attached hydrogens (tertiary/aromatic N) is 1. The van der Waals surface area contributed by atoms with Gasteiger partial charge in [0.2, 0.25) is 0 Å². The van der Waals surface area contributed by atoms with Crippen molar-refractivity contribution in [2.24, 2.45) is 5.92 Å². The van der Waals surface area contributed by atoms with Gasteiger partial charge in [-0.1, -0.05) is 36.4 Å². The number of hydrogen-bond donors (Lipinski definition) is 1. The van der Waals surface area contributed by atoms with Crippen LogP contribution in [-0.2, 0) is 11.3 Å². The Hall–Kier alpha value is -2.66. The van der Waals surface area contributed by atoms with E-state index in [-0.39, 0.29) is 11.5 Å². The minimum Gasteiger partial charge on any atom is -0.478 e. The third kappa shape index (κ3) is 4.45. The molecule has 3 rings (SSSR count). The fourth-order valence-electron chi connectivity index (χ4n) is 3.04. The molecule has 1 fully saturated rings. The van der Waals surface area contributed by atoms with Crippen LogP contribution < -0.4 is 0 Å². The number of hydrogen-bond acceptors (Lipinski definition) is 3. The van der Waals surface area contributed by atoms with Gasteiger partial charge in [0, 0.05) is 24.6 Å². The van der Waals surface area contributed by atoms with Gasteiger partial charge in [-0.25, -0.2) is 4.79 Å². The number of aromatic carboxylic acids is 1. The SMILES string of the molecule is O=C(O)c1cccc(C(=O)N2CC[C@H](COCc3ccccc3)C2)c1. The molecule has 5 nitrogen and oxygen atoms in total. The Morgan fingerprint density at radius 1 is 1.08 bits per heavy atom. The van der Waals surface area contributed by atoms with E-state index in [4.69, 9.17) is 9.84 Å². The fraction of sp³-hybridized carbons (Fsp3) is 0.300. The first-order chi connectivity index (χ1) is 12.1. The summed E-state index contributed by atoms with van der Waals surface area (Å²) in [5, 5.41) is 9.05. The number of ether oxygens (including phenoxy) is 1. The number of likely N-dealkylation sites (tertiary alicyclic amines) is 1. The maximum atomic E-state index is 12.6. The molecule has 0 radical (unpaired) electrons. The quantitative estimate of drug-likeness (QED) is 0.878. The lowest BCUT2D eigenvalue weighted by atomic mass is 10.1. The van der Waals surface area contributed by atoms with Gasteiger partial charge in [0.15, 0.2) is 0 Å². The Balaban J connectivity index is 1.51. The van der Waals surface area contributed by atoms with E-state index in [2.05, 4.69) is 0 Å². The summed E-state index contributed by atoms with van der Waals surface area (Å²) in [5.74, 6) is -0.827. The summed E-state index contributed by atoms with van der Waals surface area (Å²) in [5.41, 5.74) is 1.69. The lowest BCUT2D eigenvalue weighted by Crippen LogP contribution is -2.29. The van der Waals surface area contributed by atoms with Crippen LogP contribution in [0.3, 0.4) is 0 Å². The van der Waals surface area contributed by atoms with Crippen molar-refractivity contribution in [2.45, 2.75) is 13.0 Å². The molecule has 25 heavy (non-hydrogen) atoms. The highest BCUT2D eigenvalue weighted by atomic mass is 16.5. The molecule has 0 aliphatic carbocycles. The predicted molar refractivity (Wildman–Crippen MR) is 93.5 cm³/mol. The molecule has 0 bridgehead atoms. The highest BCUT2D eigenvalue weighted by Crippen LogP contribution is 2.20. The number of carboxylic acids is 1. The second-order valence-corrected chi connectivity index (χ2v) is 6.29. The normalized spacial score (nSPS) is 16.8. The van der Waals surface area contributed by atoms with Crippen molar-refractivity contribution >= 4 is 11.9 Å². The van der Waals surface area contributed by atoms with Crippen molar-refractivity contribution in [1.29, 1.82) is 0 Å². The number of carboxylic acid groups (broad SMARTS) is 1. The topological polar surface area (TPSA) is 66.8 Å². The molecule has 2 aromatic rings. The van der Waals surface area contributed by atoms with Crippen LogP contribution in [0.1, 0.15) is 32.7 Å². The van der Waals surface area contributed by atoms with E-state index >= 15 is 0 Å². The maximum Gasteiger partial charge on any atom is 0.335 e. The molecule has 1 saturated heterocycles. The van der Waals surface area contributed by atoms with Crippen LogP contribution in [0.2, 0.25) is 0 Å². The van der Waals surface area contributed by atoms with E-state index in [1.165, 1.54) is 12.1 Å². The molecule has 0 unspecified atom stereocenters. The van der Waals surface area contributed by atoms with Gasteiger partial charge < -0.3 is 14.7 Å². The Morgan fingerprint density at radius 2 is 1.84 bits per heavy atom. The second kappa shape index (κ2) is 7.94. The predicted octanol–water partition coefficient (Wildman–Crippen LogP) is 3.06. The summed E-state index contributed by atoms with van der Waals surface area (Å²) in [7, 11) is 0. The Kier molecular flexibility index (Phi) is 5.46. The molecule has 0 spiro atoms. The number of rotatable bonds is 6. The second-order valence-electron chi connectivity index (χ2n) is 6.29. The zero-order chi connectivity index (χ0) is 17.6. The maximum absolute atomic E-state index is 12.6. The van der Waals surface area contributed by atoms with Gasteiger partial charge >= 0.3 is 5.97 Å². The molecule has 0 aromatic heterocycles. The highest BCUT2D eigenvalue weighted by molar-refractivity contribution is 5.97. The van der Waals surface area contributed by atoms with E-state index < -0.39 is 5.97 Å². The third-order valence-electron chi connectivity index (χ3n) is 4.39. The van der Waals surface area contributed by atoms with Gasteiger partial charge in [-0.2, -0.15) is 0 Å². The minimum absolute atomic E-state index is 0.117. The van der Waals surface area contributed by atoms with Crippen LogP contribution in [0.5, 0.6) is 0 Å². The van der Waals surface area contributed by atoms with Crippen molar-refractivity contribution in [3.63, 3.8) is 0 Å². The Labute approximate surface area is 146 Å². The van der Waals surface area contributed by atoms with E-state index in [9.17, 15) is 9.59 Å². The van der Waals surface area contributed by atoms with Crippen molar-refractivity contribution in [1.82, 2.24) is 4.90 Å². The van der Waals surface area contributed by atoms with E-state index in [0.717, 1.165) is 12.0 Å². The van der Waals surface area contributed by atoms with Crippen LogP contribution in [-0.4, -0.2) is 41.6 Å². The van der Waals surface area contributed by atoms with Crippen molar-refractivity contribution < 1.29 is 19.4 Å². The van der Waals surface area contributed by atoms with Gasteiger partial charge in [-0.05, 0) is 30.2 Å². The monoisotopic (exact) mass is 339 g/mol. The molecule has 2 aromatic carbocycles. The van der Waals surface area contributed by atoms with Crippen LogP contribution >= 0.6 is 0 Å². The van der Waals surface area contributed by atoms with Crippen LogP contribution in [0.4, 0.5) is 0 Å². The van der Waals surface area contributed by atoms with Gasteiger partial charge in [-0.3, -0.25) is 4.79 Å². The molecule has 5 heteroatoms. The summed E-state index contributed by atoms with van der Waals surface area (Å²) in [6, 6.07) is 16.2. The molecule has 0 saturated carbocycles. The molecular weight excluding hydrogens is 318 g/mol. The van der Waals surface area contributed by atoms with Crippen LogP contribution in [0, 0.1) is 5.92 Å². The first-order valence-corrected chi connectivity index (χ1v) is 8.38. The number of carbonyl (C=O) groups is 2. The van der Waals surface area contributed by atoms with Crippen LogP contribution in [0.15, 0.2) is 54.6 Å². The zero-order valence-electron chi connectivity index (χ0n) is 13.9. The first kappa shape index (κ1) is 17.2. The van der Waals surface area contributed by atoms with Gasteiger partial charge in [0.25, 0.3) is 5.91 Å². The lowest BCUT2D eigenvalue weighted by Gasteiger charge is -2.17. The Morgan fingerprint density at radius 3 is 2.60 bits per heavy atom. The molecule has 1 N–H and O–H groups in total. The van der Waals surface area contributed by atoms with Gasteiger partial charge in [0.05, 0.1) is 18.8 Å². The van der Waals surface area contributed by atoms with Crippen molar-refractivity contribution in [2.75, 3.05) is 19.7 Å². The summed E-state index contributed by atoms with van der Waals surface area (Å²) in [6.45, 7) is 2.51. The first-order valence-electron chi connectivity index (χ1n) is 8.38. The standard InChI is InChI=1S/C20H21NO4/c22-19(17-7-4-8-18(11-17)20(23)24)21-10-9-16(12-21)14-25-13-15-5-2-1-3-6-15/h1-8,11,16H,9-10,12-14H2,(H,23,24)/t16-/m0/s1. The molecule has 1 amide bonds. The zero-order valence-corrected chi connectivity index (χ0v) is 13.9. The van der Waals surface area contributed by atoms with E-state index in [1.807, 2.05) is 30.3 Å². The van der Waals surface area contributed by atoms with Crippen LogP contribution in [0.25, 0.3) is 0 Å². The Bertz CT molecular complexity index is 744. The molecule has 130 valence electrons. The molecule has 1 atom stereocenters. The van der Waals surface area contributed by atoms with E-state index in [0.29, 0.717) is 37.8 Å². The summed E-state index contributed by atoms with van der Waals surface area (Å²) < 4.78 is 5.77. The molecular formula is C20H21NO4. The summed E-state index contributed by atoms with van der Waals surface area (Å²) >= 11 is 0. The van der Waals surface area contributed by atoms with Crippen molar-refractivity contribution in [3.05, 3.63) is 71.3 Å².